The number of hydrogen-bond donors (Lipinski definition) is 1. The van der Waals surface area contributed by atoms with Gasteiger partial charge in [-0.3, -0.25) is 14.6 Å². The Morgan fingerprint density at radius 1 is 1.14 bits per heavy atom. The van der Waals surface area contributed by atoms with Gasteiger partial charge < -0.3 is 14.7 Å². The molecular formula is C28H27BrN2O4. The van der Waals surface area contributed by atoms with Gasteiger partial charge in [-0.05, 0) is 65.9 Å². The summed E-state index contributed by atoms with van der Waals surface area (Å²) in [4.78, 5) is 32.1. The van der Waals surface area contributed by atoms with Gasteiger partial charge in [-0.1, -0.05) is 48.0 Å². The first-order valence-electron chi connectivity index (χ1n) is 11.4. The van der Waals surface area contributed by atoms with Gasteiger partial charge >= 0.3 is 0 Å². The molecule has 1 amide bonds. The number of hydrogen-bond acceptors (Lipinski definition) is 5. The number of aliphatic hydroxyl groups excluding tert-OH is 1. The molecule has 7 heteroatoms. The highest BCUT2D eigenvalue weighted by atomic mass is 79.9. The van der Waals surface area contributed by atoms with Gasteiger partial charge in [0.2, 0.25) is 0 Å². The lowest BCUT2D eigenvalue weighted by Gasteiger charge is -2.25. The van der Waals surface area contributed by atoms with Crippen LogP contribution in [0.25, 0.3) is 5.76 Å². The van der Waals surface area contributed by atoms with Gasteiger partial charge in [-0.15, -0.1) is 0 Å². The minimum atomic E-state index is -0.746. The normalized spacial score (nSPS) is 17.3. The molecule has 1 fully saturated rings. The smallest absolute Gasteiger partial charge is 0.295 e. The van der Waals surface area contributed by atoms with Crippen molar-refractivity contribution in [2.45, 2.75) is 33.4 Å². The third-order valence-electron chi connectivity index (χ3n) is 5.82. The first kappa shape index (κ1) is 24.7. The fraction of sp³-hybridized carbons (Fsp3) is 0.250. The summed E-state index contributed by atoms with van der Waals surface area (Å²) in [5.41, 5.74) is 2.81. The maximum Gasteiger partial charge on any atom is 0.295 e. The third-order valence-corrected chi connectivity index (χ3v) is 6.31. The van der Waals surface area contributed by atoms with Crippen LogP contribution in [0.2, 0.25) is 0 Å². The van der Waals surface area contributed by atoms with Crippen LogP contribution in [0.4, 0.5) is 0 Å². The number of carbonyl (C=O) groups excluding carboxylic acids is 2. The topological polar surface area (TPSA) is 79.7 Å². The van der Waals surface area contributed by atoms with Gasteiger partial charge in [0, 0.05) is 29.0 Å². The number of benzene rings is 2. The van der Waals surface area contributed by atoms with Crippen LogP contribution in [0.1, 0.15) is 42.1 Å². The third kappa shape index (κ3) is 5.30. The molecule has 1 N–H and O–H groups in total. The van der Waals surface area contributed by atoms with Crippen LogP contribution >= 0.6 is 15.9 Å². The predicted molar refractivity (Wildman–Crippen MR) is 138 cm³/mol. The van der Waals surface area contributed by atoms with Crippen molar-refractivity contribution in [2.75, 3.05) is 6.61 Å². The fourth-order valence-electron chi connectivity index (χ4n) is 4.15. The number of rotatable bonds is 7. The van der Waals surface area contributed by atoms with Gasteiger partial charge in [0.25, 0.3) is 11.7 Å². The summed E-state index contributed by atoms with van der Waals surface area (Å²) in [7, 11) is 0. The zero-order valence-corrected chi connectivity index (χ0v) is 21.5. The first-order chi connectivity index (χ1) is 16.8. The second kappa shape index (κ2) is 10.4. The number of nitrogens with zero attached hydrogens (tertiary/aromatic N) is 2. The number of Topliss-reactive ketones (excluding diaryl/α,β-unsaturated/α-hetero) is 1. The molecule has 1 aromatic heterocycles. The highest BCUT2D eigenvalue weighted by Crippen LogP contribution is 2.41. The number of aryl methyl sites for hydroxylation is 1. The van der Waals surface area contributed by atoms with Gasteiger partial charge in [-0.25, -0.2) is 0 Å². The summed E-state index contributed by atoms with van der Waals surface area (Å²) in [6.07, 6.45) is 3.32. The standard InChI is InChI=1S/C28H27BrN2O4/c1-17(2)16-35-22-9-10-23(18(3)12-22)26(32)24-25(20-7-4-8-21(29)13-20)31(28(34)27(24)33)15-19-6-5-11-30-14-19/h4-14,17,25,32H,15-16H2,1-3H3/t25-/m1/s1. The second-order valence-corrected chi connectivity index (χ2v) is 9.94. The Morgan fingerprint density at radius 3 is 2.60 bits per heavy atom. The van der Waals surface area contributed by atoms with Crippen LogP contribution < -0.4 is 4.74 Å². The van der Waals surface area contributed by atoms with E-state index in [2.05, 4.69) is 34.8 Å². The van der Waals surface area contributed by atoms with E-state index in [4.69, 9.17) is 4.74 Å². The maximum atomic E-state index is 13.3. The number of pyridine rings is 1. The van der Waals surface area contributed by atoms with Crippen LogP contribution in [-0.4, -0.2) is 33.3 Å². The van der Waals surface area contributed by atoms with Crippen molar-refractivity contribution in [1.82, 2.24) is 9.88 Å². The van der Waals surface area contributed by atoms with E-state index in [-0.39, 0.29) is 17.9 Å². The maximum absolute atomic E-state index is 13.3. The van der Waals surface area contributed by atoms with Crippen molar-refractivity contribution >= 4 is 33.4 Å². The average Bonchev–Trinajstić information content (AvgIpc) is 3.08. The molecule has 4 rings (SSSR count). The lowest BCUT2D eigenvalue weighted by molar-refractivity contribution is -0.140. The summed E-state index contributed by atoms with van der Waals surface area (Å²) in [5.74, 6) is -0.501. The lowest BCUT2D eigenvalue weighted by atomic mass is 9.94. The van der Waals surface area contributed by atoms with Gasteiger partial charge in [-0.2, -0.15) is 0 Å². The second-order valence-electron chi connectivity index (χ2n) is 9.02. The molecule has 0 spiro atoms. The van der Waals surface area contributed by atoms with E-state index in [1.165, 1.54) is 4.90 Å². The van der Waals surface area contributed by atoms with E-state index >= 15 is 0 Å². The molecule has 1 aliphatic rings. The first-order valence-corrected chi connectivity index (χ1v) is 12.2. The highest BCUT2D eigenvalue weighted by molar-refractivity contribution is 9.10. The molecule has 6 nitrogen and oxygen atoms in total. The molecule has 1 atom stereocenters. The molecule has 0 unspecified atom stereocenters. The van der Waals surface area contributed by atoms with E-state index in [0.717, 1.165) is 21.2 Å². The molecule has 3 aromatic rings. The van der Waals surface area contributed by atoms with Gasteiger partial charge in [0.05, 0.1) is 18.2 Å². The van der Waals surface area contributed by atoms with Crippen LogP contribution in [0, 0.1) is 12.8 Å². The Labute approximate surface area is 213 Å². The minimum Gasteiger partial charge on any atom is -0.507 e. The largest absolute Gasteiger partial charge is 0.507 e. The minimum absolute atomic E-state index is 0.0657. The highest BCUT2D eigenvalue weighted by Gasteiger charge is 2.46. The SMILES string of the molecule is Cc1cc(OCC(C)C)ccc1C(O)=C1C(=O)C(=O)N(Cc2cccnc2)[C@@H]1c1cccc(Br)c1. The number of ketones is 1. The number of aliphatic hydroxyl groups is 1. The molecule has 2 aromatic carbocycles. The number of amides is 1. The molecule has 1 aliphatic heterocycles. The van der Waals surface area contributed by atoms with Gasteiger partial charge in [0.1, 0.15) is 11.5 Å². The van der Waals surface area contributed by atoms with E-state index in [1.807, 2.05) is 43.3 Å². The van der Waals surface area contributed by atoms with Crippen molar-refractivity contribution in [3.63, 3.8) is 0 Å². The molecule has 0 bridgehead atoms. The molecular weight excluding hydrogens is 508 g/mol. The summed E-state index contributed by atoms with van der Waals surface area (Å²) in [6.45, 7) is 6.75. The Hall–Kier alpha value is -3.45. The average molecular weight is 535 g/mol. The Morgan fingerprint density at radius 2 is 1.94 bits per heavy atom. The van der Waals surface area contributed by atoms with Crippen LogP contribution in [0.3, 0.4) is 0 Å². The predicted octanol–water partition coefficient (Wildman–Crippen LogP) is 5.81. The van der Waals surface area contributed by atoms with Crippen molar-refractivity contribution < 1.29 is 19.4 Å². The van der Waals surface area contributed by atoms with E-state index < -0.39 is 17.7 Å². The van der Waals surface area contributed by atoms with Crippen LogP contribution in [0.15, 0.2) is 77.0 Å². The molecule has 0 saturated carbocycles. The van der Waals surface area contributed by atoms with Crippen molar-refractivity contribution in [2.24, 2.45) is 5.92 Å². The Bertz CT molecular complexity index is 1290. The number of aromatic nitrogens is 1. The summed E-state index contributed by atoms with van der Waals surface area (Å²) < 4.78 is 6.61. The zero-order valence-electron chi connectivity index (χ0n) is 19.9. The number of ether oxygens (including phenoxy) is 1. The van der Waals surface area contributed by atoms with Crippen molar-refractivity contribution in [3.05, 3.63) is 99.3 Å². The number of likely N-dealkylation sites (tertiary alicyclic amines) is 1. The fourth-order valence-corrected chi connectivity index (χ4v) is 4.57. The molecule has 35 heavy (non-hydrogen) atoms. The number of halogens is 1. The van der Waals surface area contributed by atoms with E-state index in [0.29, 0.717) is 23.8 Å². The van der Waals surface area contributed by atoms with E-state index in [9.17, 15) is 14.7 Å². The molecule has 0 aliphatic carbocycles. The summed E-state index contributed by atoms with van der Waals surface area (Å²) in [5, 5.41) is 11.4. The molecule has 2 heterocycles. The van der Waals surface area contributed by atoms with Gasteiger partial charge in [0.15, 0.2) is 0 Å². The molecule has 1 saturated heterocycles. The lowest BCUT2D eigenvalue weighted by Crippen LogP contribution is -2.29. The quantitative estimate of drug-likeness (QED) is 0.235. The van der Waals surface area contributed by atoms with Crippen LogP contribution in [-0.2, 0) is 16.1 Å². The summed E-state index contributed by atoms with van der Waals surface area (Å²) in [6, 6.07) is 15.6. The zero-order chi connectivity index (χ0) is 25.1. The Balaban J connectivity index is 1.80. The van der Waals surface area contributed by atoms with Crippen LogP contribution in [0.5, 0.6) is 5.75 Å². The monoisotopic (exact) mass is 534 g/mol. The van der Waals surface area contributed by atoms with Crippen molar-refractivity contribution in [1.29, 1.82) is 0 Å². The molecule has 0 radical (unpaired) electrons. The summed E-state index contributed by atoms with van der Waals surface area (Å²) >= 11 is 3.48. The number of carbonyl (C=O) groups is 2. The Kier molecular flexibility index (Phi) is 7.36. The van der Waals surface area contributed by atoms with Crippen molar-refractivity contribution in [3.8, 4) is 5.75 Å². The van der Waals surface area contributed by atoms with E-state index in [1.54, 1.807) is 30.6 Å². The molecule has 180 valence electrons.